The van der Waals surface area contributed by atoms with Gasteiger partial charge in [0.15, 0.2) is 17.4 Å². The van der Waals surface area contributed by atoms with Crippen molar-refractivity contribution < 1.29 is 18.0 Å². The molecule has 3 rings (SSSR count). The second-order valence-corrected chi connectivity index (χ2v) is 5.71. The van der Waals surface area contributed by atoms with E-state index >= 15 is 0 Å². The highest BCUT2D eigenvalue weighted by atomic mass is 32.1. The van der Waals surface area contributed by atoms with Gasteiger partial charge in [0.1, 0.15) is 6.04 Å². The summed E-state index contributed by atoms with van der Waals surface area (Å²) in [5, 5.41) is 5.79. The molecule has 2 aromatic heterocycles. The normalized spacial score (nSPS) is 12.3. The number of ketones is 1. The highest BCUT2D eigenvalue weighted by Gasteiger charge is 2.23. The number of Topliss-reactive ketones (excluding diaryl/α,β-unsaturated/α-hetero) is 1. The van der Waals surface area contributed by atoms with E-state index in [9.17, 15) is 18.4 Å². The number of rotatable bonds is 4. The van der Waals surface area contributed by atoms with Crippen LogP contribution in [0.4, 0.5) is 8.78 Å². The Labute approximate surface area is 132 Å². The number of benzene rings is 1. The van der Waals surface area contributed by atoms with Gasteiger partial charge in [-0.05, 0) is 36.6 Å². The quantitative estimate of drug-likeness (QED) is 0.686. The third-order valence-electron chi connectivity index (χ3n) is 3.25. The molecule has 118 valence electrons. The topological polar surface area (TPSA) is 65.1 Å². The van der Waals surface area contributed by atoms with Crippen molar-refractivity contribution in [1.29, 1.82) is 0 Å². The van der Waals surface area contributed by atoms with Crippen LogP contribution in [0, 0.1) is 11.6 Å². The zero-order valence-corrected chi connectivity index (χ0v) is 12.6. The molecule has 0 aliphatic carbocycles. The summed E-state index contributed by atoms with van der Waals surface area (Å²) in [6.45, 7) is 1.44. The van der Waals surface area contributed by atoms with Crippen LogP contribution in [0.1, 0.15) is 23.3 Å². The second-order valence-electron chi connectivity index (χ2n) is 4.76. The van der Waals surface area contributed by atoms with Crippen LogP contribution in [-0.4, -0.2) is 15.6 Å². The van der Waals surface area contributed by atoms with Gasteiger partial charge < -0.3 is 4.42 Å². The molecule has 1 atom stereocenters. The van der Waals surface area contributed by atoms with Gasteiger partial charge in [-0.3, -0.25) is 4.79 Å². The van der Waals surface area contributed by atoms with Gasteiger partial charge >= 0.3 is 5.76 Å². The van der Waals surface area contributed by atoms with E-state index in [1.165, 1.54) is 18.3 Å². The fourth-order valence-electron chi connectivity index (χ4n) is 2.03. The van der Waals surface area contributed by atoms with Crippen LogP contribution >= 0.6 is 11.3 Å². The van der Waals surface area contributed by atoms with Gasteiger partial charge in [-0.2, -0.15) is 4.68 Å². The van der Waals surface area contributed by atoms with E-state index in [1.54, 1.807) is 17.5 Å². The number of halogens is 2. The Bertz CT molecular complexity index is 915. The Balaban J connectivity index is 1.93. The first-order chi connectivity index (χ1) is 11.0. The summed E-state index contributed by atoms with van der Waals surface area (Å²) in [6.07, 6.45) is 0. The molecule has 5 nitrogen and oxygen atoms in total. The monoisotopic (exact) mass is 336 g/mol. The van der Waals surface area contributed by atoms with Crippen LogP contribution in [0.2, 0.25) is 0 Å². The standard InChI is InChI=1S/C15H10F2N2O3S/c1-8(13(20)9-4-5-10(16)11(17)7-9)19-15(21)22-14(18-19)12-3-2-6-23-12/h2-8H,1H3/t8-/m1/s1. The molecule has 0 spiro atoms. The number of nitrogens with zero attached hydrogens (tertiary/aromatic N) is 2. The molecule has 0 saturated heterocycles. The first-order valence-corrected chi connectivity index (χ1v) is 7.48. The second kappa shape index (κ2) is 5.88. The fraction of sp³-hybridized carbons (Fsp3) is 0.133. The Morgan fingerprint density at radius 2 is 2.09 bits per heavy atom. The van der Waals surface area contributed by atoms with Crippen molar-refractivity contribution in [2.45, 2.75) is 13.0 Å². The smallest absolute Gasteiger partial charge is 0.387 e. The van der Waals surface area contributed by atoms with Crippen LogP contribution in [0.5, 0.6) is 0 Å². The number of carbonyl (C=O) groups excluding carboxylic acids is 1. The molecule has 0 saturated carbocycles. The van der Waals surface area contributed by atoms with Crippen molar-refractivity contribution in [3.8, 4) is 10.8 Å². The predicted octanol–water partition coefficient (Wildman–Crippen LogP) is 3.29. The van der Waals surface area contributed by atoms with Crippen molar-refractivity contribution in [3.63, 3.8) is 0 Å². The number of thiophene rings is 1. The predicted molar refractivity (Wildman–Crippen MR) is 79.5 cm³/mol. The molecule has 0 fully saturated rings. The maximum absolute atomic E-state index is 13.2. The molecule has 1 aromatic carbocycles. The molecule has 2 heterocycles. The minimum absolute atomic E-state index is 0.0519. The average molecular weight is 336 g/mol. The third kappa shape index (κ3) is 2.85. The Hall–Kier alpha value is -2.61. The third-order valence-corrected chi connectivity index (χ3v) is 4.11. The van der Waals surface area contributed by atoms with E-state index < -0.39 is 29.2 Å². The summed E-state index contributed by atoms with van der Waals surface area (Å²) < 4.78 is 32.1. The van der Waals surface area contributed by atoms with E-state index in [1.807, 2.05) is 0 Å². The van der Waals surface area contributed by atoms with Gasteiger partial charge in [0.2, 0.25) is 0 Å². The highest BCUT2D eigenvalue weighted by molar-refractivity contribution is 7.13. The number of aromatic nitrogens is 2. The van der Waals surface area contributed by atoms with E-state index in [0.29, 0.717) is 4.88 Å². The molecule has 23 heavy (non-hydrogen) atoms. The summed E-state index contributed by atoms with van der Waals surface area (Å²) in [6, 6.07) is 5.29. The molecule has 0 aliphatic heterocycles. The molecule has 0 N–H and O–H groups in total. The largest absolute Gasteiger partial charge is 0.438 e. The molecular formula is C15H10F2N2O3S. The number of carbonyl (C=O) groups is 1. The maximum Gasteiger partial charge on any atom is 0.438 e. The molecule has 0 aliphatic rings. The van der Waals surface area contributed by atoms with Crippen LogP contribution < -0.4 is 5.76 Å². The summed E-state index contributed by atoms with van der Waals surface area (Å²) in [7, 11) is 0. The molecule has 3 aromatic rings. The van der Waals surface area contributed by atoms with Crippen molar-refractivity contribution in [3.05, 3.63) is 63.5 Å². The van der Waals surface area contributed by atoms with Crippen molar-refractivity contribution in [2.75, 3.05) is 0 Å². The summed E-state index contributed by atoms with van der Waals surface area (Å²) >= 11 is 1.33. The number of hydrogen-bond acceptors (Lipinski definition) is 5. The van der Waals surface area contributed by atoms with Gasteiger partial charge in [-0.15, -0.1) is 16.4 Å². The minimum Gasteiger partial charge on any atom is -0.387 e. The summed E-state index contributed by atoms with van der Waals surface area (Å²) in [4.78, 5) is 24.9. The molecule has 0 radical (unpaired) electrons. The van der Waals surface area contributed by atoms with Crippen LogP contribution in [-0.2, 0) is 0 Å². The lowest BCUT2D eigenvalue weighted by molar-refractivity contribution is 0.0923. The first-order valence-electron chi connectivity index (χ1n) is 6.60. The average Bonchev–Trinajstić information content (AvgIpc) is 3.18. The lowest BCUT2D eigenvalue weighted by atomic mass is 10.1. The maximum atomic E-state index is 13.2. The summed E-state index contributed by atoms with van der Waals surface area (Å²) in [5.41, 5.74) is -0.0519. The van der Waals surface area contributed by atoms with Gasteiger partial charge in [0, 0.05) is 5.56 Å². The van der Waals surface area contributed by atoms with E-state index in [4.69, 9.17) is 4.42 Å². The van der Waals surface area contributed by atoms with Crippen LogP contribution in [0.3, 0.4) is 0 Å². The van der Waals surface area contributed by atoms with Gasteiger partial charge in [-0.25, -0.2) is 13.6 Å². The Kier molecular flexibility index (Phi) is 3.91. The molecule has 0 unspecified atom stereocenters. The van der Waals surface area contributed by atoms with Crippen molar-refractivity contribution in [1.82, 2.24) is 9.78 Å². The van der Waals surface area contributed by atoms with Gasteiger partial charge in [-0.1, -0.05) is 6.07 Å². The van der Waals surface area contributed by atoms with Gasteiger partial charge in [0.25, 0.3) is 5.89 Å². The minimum atomic E-state index is -1.13. The first kappa shape index (κ1) is 15.3. The Morgan fingerprint density at radius 3 is 2.74 bits per heavy atom. The molecule has 8 heteroatoms. The zero-order valence-electron chi connectivity index (χ0n) is 11.8. The van der Waals surface area contributed by atoms with E-state index in [2.05, 4.69) is 5.10 Å². The Morgan fingerprint density at radius 1 is 1.30 bits per heavy atom. The summed E-state index contributed by atoms with van der Waals surface area (Å²) in [5.74, 6) is -3.44. The van der Waals surface area contributed by atoms with Crippen LogP contribution in [0.25, 0.3) is 10.8 Å². The lowest BCUT2D eigenvalue weighted by Gasteiger charge is -2.09. The van der Waals surface area contributed by atoms with Crippen LogP contribution in [0.15, 0.2) is 44.9 Å². The van der Waals surface area contributed by atoms with E-state index in [-0.39, 0.29) is 11.5 Å². The van der Waals surface area contributed by atoms with E-state index in [0.717, 1.165) is 22.9 Å². The lowest BCUT2D eigenvalue weighted by Crippen LogP contribution is -2.26. The van der Waals surface area contributed by atoms with Crippen molar-refractivity contribution in [2.24, 2.45) is 0 Å². The fourth-order valence-corrected chi connectivity index (χ4v) is 2.68. The highest BCUT2D eigenvalue weighted by Crippen LogP contribution is 2.22. The SMILES string of the molecule is C[C@H](C(=O)c1ccc(F)c(F)c1)n1nc(-c2cccs2)oc1=O. The zero-order chi connectivity index (χ0) is 16.6. The molecular weight excluding hydrogens is 326 g/mol. The molecule has 0 bridgehead atoms. The number of hydrogen-bond donors (Lipinski definition) is 0. The van der Waals surface area contributed by atoms with Crippen molar-refractivity contribution >= 4 is 17.1 Å². The molecule has 0 amide bonds. The van der Waals surface area contributed by atoms with Gasteiger partial charge in [0.05, 0.1) is 4.88 Å².